The van der Waals surface area contributed by atoms with Gasteiger partial charge in [-0.1, -0.05) is 67.9 Å². The Balaban J connectivity index is 2.23. The van der Waals surface area contributed by atoms with E-state index in [1.54, 1.807) is 18.2 Å². The van der Waals surface area contributed by atoms with Crippen molar-refractivity contribution in [1.82, 2.24) is 0 Å². The van der Waals surface area contributed by atoms with E-state index in [-0.39, 0.29) is 18.9 Å². The molecule has 0 aliphatic heterocycles. The summed E-state index contributed by atoms with van der Waals surface area (Å²) in [5, 5.41) is 38.0. The van der Waals surface area contributed by atoms with Crippen molar-refractivity contribution in [2.45, 2.75) is 69.7 Å². The summed E-state index contributed by atoms with van der Waals surface area (Å²) in [7, 11) is 0. The van der Waals surface area contributed by atoms with Crippen LogP contribution in [-0.2, 0) is 4.79 Å². The van der Waals surface area contributed by atoms with E-state index in [0.717, 1.165) is 12.8 Å². The van der Waals surface area contributed by atoms with Crippen LogP contribution in [0.3, 0.4) is 0 Å². The second kappa shape index (κ2) is 13.5. The lowest BCUT2D eigenvalue weighted by molar-refractivity contribution is -0.137. The third-order valence-corrected chi connectivity index (χ3v) is 4.59. The highest BCUT2D eigenvalue weighted by Gasteiger charge is 2.19. The second-order valence-electron chi connectivity index (χ2n) is 6.77. The molecular weight excluding hydrogens is 332 g/mol. The maximum absolute atomic E-state index is 10.4. The summed E-state index contributed by atoms with van der Waals surface area (Å²) in [6.07, 6.45) is 18.1. The first-order chi connectivity index (χ1) is 12.5. The molecule has 26 heavy (non-hydrogen) atoms. The molecule has 1 rings (SSSR count). The predicted octanol–water partition coefficient (Wildman–Crippen LogP) is 3.13. The first-order valence-corrected chi connectivity index (χ1v) is 9.45. The number of allylic oxidation sites excluding steroid dienone is 6. The van der Waals surface area contributed by atoms with Crippen molar-refractivity contribution in [3.63, 3.8) is 0 Å². The zero-order valence-corrected chi connectivity index (χ0v) is 15.3. The van der Waals surface area contributed by atoms with Gasteiger partial charge in [-0.25, -0.2) is 0 Å². The van der Waals surface area contributed by atoms with E-state index in [4.69, 9.17) is 5.11 Å². The Morgan fingerprint density at radius 1 is 0.885 bits per heavy atom. The minimum absolute atomic E-state index is 0.0127. The molecular formula is C21H32O5. The van der Waals surface area contributed by atoms with Gasteiger partial charge in [-0.05, 0) is 31.6 Å². The molecule has 146 valence electrons. The monoisotopic (exact) mass is 364 g/mol. The Morgan fingerprint density at radius 2 is 1.46 bits per heavy atom. The zero-order chi connectivity index (χ0) is 19.2. The summed E-state index contributed by atoms with van der Waals surface area (Å²) >= 11 is 0. The van der Waals surface area contributed by atoms with Crippen LogP contribution < -0.4 is 0 Å². The first-order valence-electron chi connectivity index (χ1n) is 9.45. The van der Waals surface area contributed by atoms with Crippen LogP contribution in [0.1, 0.15) is 51.4 Å². The van der Waals surface area contributed by atoms with Crippen LogP contribution in [0.25, 0.3) is 0 Å². The zero-order valence-electron chi connectivity index (χ0n) is 15.3. The summed E-state index contributed by atoms with van der Waals surface area (Å²) in [6.45, 7) is 0. The van der Waals surface area contributed by atoms with Crippen LogP contribution >= 0.6 is 0 Å². The normalized spacial score (nSPS) is 20.4. The lowest BCUT2D eigenvalue weighted by Gasteiger charge is -2.24. The summed E-state index contributed by atoms with van der Waals surface area (Å²) in [5.74, 6) is -0.521. The van der Waals surface area contributed by atoms with Crippen molar-refractivity contribution < 1.29 is 25.2 Å². The largest absolute Gasteiger partial charge is 0.481 e. The molecule has 0 aromatic carbocycles. The number of carboxylic acids is 1. The molecule has 1 saturated carbocycles. The van der Waals surface area contributed by atoms with Crippen molar-refractivity contribution in [1.29, 1.82) is 0 Å². The number of aliphatic carboxylic acids is 1. The highest BCUT2D eigenvalue weighted by Crippen LogP contribution is 2.26. The topological polar surface area (TPSA) is 98.0 Å². The van der Waals surface area contributed by atoms with Crippen LogP contribution in [-0.4, -0.2) is 44.7 Å². The van der Waals surface area contributed by atoms with Gasteiger partial charge in [0.15, 0.2) is 0 Å². The number of carbonyl (C=O) groups is 1. The number of aliphatic hydroxyl groups excluding tert-OH is 3. The fourth-order valence-electron chi connectivity index (χ4n) is 3.01. The van der Waals surface area contributed by atoms with Gasteiger partial charge >= 0.3 is 5.97 Å². The lowest BCUT2D eigenvalue weighted by Crippen LogP contribution is -2.23. The molecule has 1 aliphatic rings. The minimum Gasteiger partial charge on any atom is -0.481 e. The Bertz CT molecular complexity index is 501. The molecule has 3 atom stereocenters. The van der Waals surface area contributed by atoms with Crippen molar-refractivity contribution in [3.8, 4) is 0 Å². The van der Waals surface area contributed by atoms with E-state index in [1.807, 2.05) is 24.3 Å². The number of carboxylic acid groups (broad SMARTS) is 1. The van der Waals surface area contributed by atoms with Gasteiger partial charge in [0.1, 0.15) is 0 Å². The molecule has 5 nitrogen and oxygen atoms in total. The number of rotatable bonds is 11. The summed E-state index contributed by atoms with van der Waals surface area (Å²) in [4.78, 5) is 10.4. The highest BCUT2D eigenvalue weighted by molar-refractivity contribution is 5.66. The van der Waals surface area contributed by atoms with Gasteiger partial charge < -0.3 is 20.4 Å². The SMILES string of the molecule is O=C(O)CCC[C@H](O)[C@H](O)/C=C/C=C/C=C\C=C\[C@@H](O)C1CCCCC1. The van der Waals surface area contributed by atoms with E-state index in [2.05, 4.69) is 0 Å². The summed E-state index contributed by atoms with van der Waals surface area (Å²) < 4.78 is 0. The molecule has 0 radical (unpaired) electrons. The van der Waals surface area contributed by atoms with Crippen LogP contribution in [0.4, 0.5) is 0 Å². The predicted molar refractivity (Wildman–Crippen MR) is 103 cm³/mol. The smallest absolute Gasteiger partial charge is 0.303 e. The molecule has 0 saturated heterocycles. The molecule has 0 amide bonds. The fourth-order valence-corrected chi connectivity index (χ4v) is 3.01. The maximum atomic E-state index is 10.4. The second-order valence-corrected chi connectivity index (χ2v) is 6.77. The van der Waals surface area contributed by atoms with Gasteiger partial charge in [0, 0.05) is 6.42 Å². The minimum atomic E-state index is -1.01. The Morgan fingerprint density at radius 3 is 2.08 bits per heavy atom. The van der Waals surface area contributed by atoms with Crippen molar-refractivity contribution in [2.24, 2.45) is 5.92 Å². The highest BCUT2D eigenvalue weighted by atomic mass is 16.4. The van der Waals surface area contributed by atoms with E-state index in [0.29, 0.717) is 12.3 Å². The van der Waals surface area contributed by atoms with Crippen LogP contribution in [0.15, 0.2) is 48.6 Å². The van der Waals surface area contributed by atoms with Crippen molar-refractivity contribution in [3.05, 3.63) is 48.6 Å². The molecule has 0 bridgehead atoms. The van der Waals surface area contributed by atoms with Crippen LogP contribution in [0, 0.1) is 5.92 Å². The van der Waals surface area contributed by atoms with Gasteiger partial charge in [0.05, 0.1) is 18.3 Å². The average Bonchev–Trinajstić information content (AvgIpc) is 2.63. The number of aliphatic hydroxyl groups is 3. The lowest BCUT2D eigenvalue weighted by atomic mass is 9.85. The van der Waals surface area contributed by atoms with Crippen molar-refractivity contribution in [2.75, 3.05) is 0 Å². The third kappa shape index (κ3) is 10.3. The average molecular weight is 364 g/mol. The van der Waals surface area contributed by atoms with Gasteiger partial charge in [0.25, 0.3) is 0 Å². The Labute approximate surface area is 156 Å². The molecule has 0 unspecified atom stereocenters. The molecule has 0 spiro atoms. The molecule has 4 N–H and O–H groups in total. The summed E-state index contributed by atoms with van der Waals surface area (Å²) in [5.41, 5.74) is 0. The van der Waals surface area contributed by atoms with Crippen LogP contribution in [0.5, 0.6) is 0 Å². The molecule has 0 aromatic heterocycles. The molecule has 5 heteroatoms. The first kappa shape index (κ1) is 22.4. The van der Waals surface area contributed by atoms with E-state index in [1.165, 1.54) is 25.3 Å². The quantitative estimate of drug-likeness (QED) is 0.422. The van der Waals surface area contributed by atoms with Gasteiger partial charge in [-0.3, -0.25) is 4.79 Å². The Hall–Kier alpha value is -1.69. The molecule has 1 fully saturated rings. The van der Waals surface area contributed by atoms with Gasteiger partial charge in [-0.2, -0.15) is 0 Å². The van der Waals surface area contributed by atoms with Crippen LogP contribution in [0.2, 0.25) is 0 Å². The number of hydrogen-bond acceptors (Lipinski definition) is 4. The van der Waals surface area contributed by atoms with Gasteiger partial charge in [-0.15, -0.1) is 0 Å². The number of hydrogen-bond donors (Lipinski definition) is 4. The molecule has 0 heterocycles. The van der Waals surface area contributed by atoms with Gasteiger partial charge in [0.2, 0.25) is 0 Å². The van der Waals surface area contributed by atoms with E-state index >= 15 is 0 Å². The third-order valence-electron chi connectivity index (χ3n) is 4.59. The van der Waals surface area contributed by atoms with Crippen molar-refractivity contribution >= 4 is 5.97 Å². The molecule has 0 aromatic rings. The van der Waals surface area contributed by atoms with E-state index in [9.17, 15) is 20.1 Å². The maximum Gasteiger partial charge on any atom is 0.303 e. The fraction of sp³-hybridized carbons (Fsp3) is 0.571. The van der Waals surface area contributed by atoms with E-state index < -0.39 is 18.2 Å². The standard InChI is InChI=1S/C21H32O5/c22-18(17-11-6-5-7-12-17)13-8-3-1-2-4-9-14-19(23)20(24)15-10-16-21(25)26/h1-4,8-9,13-14,17-20,22-24H,5-7,10-12,15-16H2,(H,25,26)/b3-1-,4-2+,13-8+,14-9+/t18-,19-,20+/m1/s1. The molecule has 1 aliphatic carbocycles. The summed E-state index contributed by atoms with van der Waals surface area (Å²) in [6, 6.07) is 0. The Kier molecular flexibility index (Phi) is 11.6.